The Morgan fingerprint density at radius 3 is 2.28 bits per heavy atom. The van der Waals surface area contributed by atoms with Gasteiger partial charge in [0, 0.05) is 16.8 Å². The van der Waals surface area contributed by atoms with Crippen LogP contribution in [-0.4, -0.2) is 10.1 Å². The summed E-state index contributed by atoms with van der Waals surface area (Å²) in [6.07, 6.45) is 1.83. The molecule has 6 heteroatoms. The van der Waals surface area contributed by atoms with Gasteiger partial charge in [-0.05, 0) is 91.6 Å². The smallest absolute Gasteiger partial charge is 0.174 e. The van der Waals surface area contributed by atoms with Gasteiger partial charge in [0.25, 0.3) is 0 Å². The van der Waals surface area contributed by atoms with Gasteiger partial charge in [-0.3, -0.25) is 4.98 Å². The molecule has 0 bridgehead atoms. The number of pyridine rings is 1. The van der Waals surface area contributed by atoms with Gasteiger partial charge in [0.1, 0.15) is 11.5 Å². The van der Waals surface area contributed by atoms with Gasteiger partial charge in [-0.15, -0.1) is 11.3 Å². The molecule has 3 heterocycles. The van der Waals surface area contributed by atoms with Crippen molar-refractivity contribution in [1.82, 2.24) is 10.3 Å². The van der Waals surface area contributed by atoms with E-state index in [9.17, 15) is 0 Å². The first kappa shape index (κ1) is 20.7. The second kappa shape index (κ2) is 8.73. The lowest BCUT2D eigenvalue weighted by Gasteiger charge is -2.27. The molecule has 0 spiro atoms. The fourth-order valence-electron chi connectivity index (χ4n) is 4.00. The molecule has 0 saturated carbocycles. The first-order chi connectivity index (χ1) is 15.6. The minimum absolute atomic E-state index is 0.0236. The summed E-state index contributed by atoms with van der Waals surface area (Å²) < 4.78 is 6.01. The summed E-state index contributed by atoms with van der Waals surface area (Å²) >= 11 is 7.56. The Bertz CT molecular complexity index is 1220. The van der Waals surface area contributed by atoms with E-state index in [-0.39, 0.29) is 12.1 Å². The van der Waals surface area contributed by atoms with Gasteiger partial charge >= 0.3 is 0 Å². The van der Waals surface area contributed by atoms with Crippen LogP contribution in [-0.2, 0) is 0 Å². The first-order valence-electron chi connectivity index (χ1n) is 10.5. The number of thiophene rings is 1. The molecule has 2 aromatic heterocycles. The van der Waals surface area contributed by atoms with E-state index in [2.05, 4.69) is 58.7 Å². The zero-order valence-corrected chi connectivity index (χ0v) is 19.5. The second-order valence-corrected chi connectivity index (χ2v) is 9.21. The lowest BCUT2D eigenvalue weighted by molar-refractivity contribution is 0.482. The average Bonchev–Trinajstić information content (AvgIpc) is 3.39. The molecule has 1 aliphatic heterocycles. The molecule has 2 aromatic carbocycles. The molecule has 2 atom stereocenters. The molecule has 0 radical (unpaired) electrons. The van der Waals surface area contributed by atoms with E-state index >= 15 is 0 Å². The molecule has 160 valence electrons. The fourth-order valence-corrected chi connectivity index (χ4v) is 5.40. The summed E-state index contributed by atoms with van der Waals surface area (Å²) in [5, 5.41) is 6.35. The maximum atomic E-state index is 6.01. The van der Waals surface area contributed by atoms with E-state index in [0.29, 0.717) is 5.11 Å². The Morgan fingerprint density at radius 2 is 1.66 bits per heavy atom. The number of hydrogen-bond donors (Lipinski definition) is 1. The minimum atomic E-state index is -0.0236. The number of anilines is 1. The topological polar surface area (TPSA) is 37.4 Å². The van der Waals surface area contributed by atoms with Crippen molar-refractivity contribution in [2.45, 2.75) is 25.9 Å². The molecule has 0 unspecified atom stereocenters. The van der Waals surface area contributed by atoms with E-state index < -0.39 is 0 Å². The Balaban J connectivity index is 1.47. The normalized spacial score (nSPS) is 17.9. The van der Waals surface area contributed by atoms with Crippen LogP contribution >= 0.6 is 23.6 Å². The van der Waals surface area contributed by atoms with Crippen molar-refractivity contribution in [3.63, 3.8) is 0 Å². The summed E-state index contributed by atoms with van der Waals surface area (Å²) in [5.41, 5.74) is 4.47. The Labute approximate surface area is 197 Å². The van der Waals surface area contributed by atoms with Crippen LogP contribution in [0.1, 0.15) is 33.8 Å². The van der Waals surface area contributed by atoms with E-state index in [4.69, 9.17) is 17.0 Å². The lowest BCUT2D eigenvalue weighted by Crippen LogP contribution is -2.29. The van der Waals surface area contributed by atoms with Crippen LogP contribution in [0.2, 0.25) is 0 Å². The van der Waals surface area contributed by atoms with Crippen molar-refractivity contribution in [2.75, 3.05) is 4.90 Å². The molecule has 1 fully saturated rings. The summed E-state index contributed by atoms with van der Waals surface area (Å²) in [6, 6.07) is 24.3. The van der Waals surface area contributed by atoms with Crippen LogP contribution in [0.25, 0.3) is 0 Å². The largest absolute Gasteiger partial charge is 0.457 e. The number of thiocarbonyl (C=S) groups is 1. The monoisotopic (exact) mass is 457 g/mol. The lowest BCUT2D eigenvalue weighted by atomic mass is 10.0. The van der Waals surface area contributed by atoms with E-state index in [0.717, 1.165) is 22.9 Å². The number of rotatable bonds is 5. The Hall–Kier alpha value is -3.22. The summed E-state index contributed by atoms with van der Waals surface area (Å²) in [4.78, 5) is 8.10. The van der Waals surface area contributed by atoms with Crippen molar-refractivity contribution < 1.29 is 4.74 Å². The van der Waals surface area contributed by atoms with Crippen molar-refractivity contribution in [2.24, 2.45) is 0 Å². The Morgan fingerprint density at radius 1 is 0.938 bits per heavy atom. The molecule has 1 aliphatic rings. The van der Waals surface area contributed by atoms with Gasteiger partial charge in [0.2, 0.25) is 0 Å². The number of benzene rings is 2. The molecule has 32 heavy (non-hydrogen) atoms. The maximum absolute atomic E-state index is 6.01. The molecule has 5 rings (SSSR count). The zero-order valence-electron chi connectivity index (χ0n) is 17.9. The predicted molar refractivity (Wildman–Crippen MR) is 135 cm³/mol. The van der Waals surface area contributed by atoms with Crippen LogP contribution in [0.5, 0.6) is 11.5 Å². The van der Waals surface area contributed by atoms with Crippen molar-refractivity contribution in [3.05, 3.63) is 106 Å². The third kappa shape index (κ3) is 3.99. The number of nitrogens with one attached hydrogen (secondary N) is 1. The number of hydrogen-bond acceptors (Lipinski definition) is 4. The van der Waals surface area contributed by atoms with E-state index in [1.807, 2.05) is 54.7 Å². The fraction of sp³-hybridized carbons (Fsp3) is 0.154. The third-order valence-electron chi connectivity index (χ3n) is 5.64. The van der Waals surface area contributed by atoms with Crippen LogP contribution in [0.3, 0.4) is 0 Å². The van der Waals surface area contributed by atoms with Gasteiger partial charge in [-0.1, -0.05) is 23.8 Å². The second-order valence-electron chi connectivity index (χ2n) is 7.87. The highest BCUT2D eigenvalue weighted by Crippen LogP contribution is 2.44. The molecule has 4 aromatic rings. The SMILES string of the molecule is Cc1ccc(Oc2ccc(N3C(=S)N[C@@H](c4ccccn4)[C@H]3c3sccc3C)cc2)cc1. The average molecular weight is 458 g/mol. The summed E-state index contributed by atoms with van der Waals surface area (Å²) in [7, 11) is 0. The molecule has 1 N–H and O–H groups in total. The molecular weight excluding hydrogens is 434 g/mol. The highest BCUT2D eigenvalue weighted by Gasteiger charge is 2.41. The quantitative estimate of drug-likeness (QED) is 0.336. The van der Waals surface area contributed by atoms with Crippen molar-refractivity contribution in [3.8, 4) is 11.5 Å². The highest BCUT2D eigenvalue weighted by atomic mass is 32.1. The standard InChI is InChI=1S/C26H23N3OS2/c1-17-6-10-20(11-7-17)30-21-12-8-19(9-13-21)29-24(25-18(2)14-16-32-25)23(28-26(29)31)22-5-3-4-15-27-22/h3-16,23-24H,1-2H3,(H,28,31)/t23-,24-/m0/s1. The maximum Gasteiger partial charge on any atom is 0.174 e. The van der Waals surface area contributed by atoms with Gasteiger partial charge in [-0.25, -0.2) is 0 Å². The van der Waals surface area contributed by atoms with Gasteiger partial charge in [-0.2, -0.15) is 0 Å². The van der Waals surface area contributed by atoms with Crippen molar-refractivity contribution >= 4 is 34.4 Å². The molecule has 0 aliphatic carbocycles. The zero-order chi connectivity index (χ0) is 22.1. The van der Waals surface area contributed by atoms with Gasteiger partial charge < -0.3 is 15.0 Å². The van der Waals surface area contributed by atoms with E-state index in [1.54, 1.807) is 11.3 Å². The molecule has 0 amide bonds. The van der Waals surface area contributed by atoms with Crippen LogP contribution in [0, 0.1) is 13.8 Å². The minimum Gasteiger partial charge on any atom is -0.457 e. The third-order valence-corrected chi connectivity index (χ3v) is 7.04. The Kier molecular flexibility index (Phi) is 5.64. The first-order valence-corrected chi connectivity index (χ1v) is 11.8. The highest BCUT2D eigenvalue weighted by molar-refractivity contribution is 7.80. The van der Waals surface area contributed by atoms with Crippen molar-refractivity contribution in [1.29, 1.82) is 0 Å². The predicted octanol–water partition coefficient (Wildman–Crippen LogP) is 6.73. The number of nitrogens with zero attached hydrogens (tertiary/aromatic N) is 2. The van der Waals surface area contributed by atoms with Gasteiger partial charge in [0.15, 0.2) is 5.11 Å². The molecular formula is C26H23N3OS2. The van der Waals surface area contributed by atoms with Gasteiger partial charge in [0.05, 0.1) is 17.8 Å². The van der Waals surface area contributed by atoms with Crippen LogP contribution < -0.4 is 15.0 Å². The van der Waals surface area contributed by atoms with Crippen LogP contribution in [0.15, 0.2) is 84.4 Å². The summed E-state index contributed by atoms with van der Waals surface area (Å²) in [5.74, 6) is 1.62. The molecule has 1 saturated heterocycles. The number of aromatic nitrogens is 1. The molecule has 4 nitrogen and oxygen atoms in total. The summed E-state index contributed by atoms with van der Waals surface area (Å²) in [6.45, 7) is 4.22. The number of ether oxygens (including phenoxy) is 1. The van der Waals surface area contributed by atoms with Crippen LogP contribution in [0.4, 0.5) is 5.69 Å². The van der Waals surface area contributed by atoms with E-state index in [1.165, 1.54) is 16.0 Å². The number of aryl methyl sites for hydroxylation is 2.